The Labute approximate surface area is 81.6 Å². The van der Waals surface area contributed by atoms with Crippen molar-refractivity contribution in [3.63, 3.8) is 0 Å². The first-order chi connectivity index (χ1) is 5.98. The van der Waals surface area contributed by atoms with Gasteiger partial charge in [-0.05, 0) is 11.6 Å². The zero-order valence-corrected chi connectivity index (χ0v) is 7.96. The quantitative estimate of drug-likeness (QED) is 0.534. The monoisotopic (exact) mass is 239 g/mol. The molecular formula is C6H7ClF5NO. The van der Waals surface area contributed by atoms with Crippen LogP contribution in [0.25, 0.3) is 0 Å². The van der Waals surface area contributed by atoms with Gasteiger partial charge in [0.2, 0.25) is 11.8 Å². The first-order valence-electron chi connectivity index (χ1n) is 3.32. The van der Waals surface area contributed by atoms with Crippen molar-refractivity contribution in [3.8, 4) is 0 Å². The lowest BCUT2D eigenvalue weighted by molar-refractivity contribution is -0.219. The molecule has 0 bridgehead atoms. The molecule has 2 nitrogen and oxygen atoms in total. The third kappa shape index (κ3) is 3.28. The van der Waals surface area contributed by atoms with Crippen LogP contribution in [-0.4, -0.2) is 36.5 Å². The van der Waals surface area contributed by atoms with E-state index < -0.39 is 23.4 Å². The largest absolute Gasteiger partial charge is 0.407 e. The number of hydrogen-bond donors (Lipinski definition) is 0. The molecule has 8 heteroatoms. The Bertz CT molecular complexity index is 207. The maximum atomic E-state index is 12.3. The molecule has 14 heavy (non-hydrogen) atoms. The molecule has 0 saturated heterocycles. The summed E-state index contributed by atoms with van der Waals surface area (Å²) in [7, 11) is 1.87. The van der Waals surface area contributed by atoms with E-state index in [9.17, 15) is 26.7 Å². The molecule has 1 atom stereocenters. The van der Waals surface area contributed by atoms with Crippen LogP contribution in [0.2, 0.25) is 0 Å². The Balaban J connectivity index is 5.05. The number of carbonyl (C=O) groups is 1. The number of hydrogen-bond acceptors (Lipinski definition) is 1. The first kappa shape index (κ1) is 13.4. The highest BCUT2D eigenvalue weighted by molar-refractivity contribution is 6.23. The van der Waals surface area contributed by atoms with E-state index in [0.29, 0.717) is 4.90 Å². The van der Waals surface area contributed by atoms with E-state index in [2.05, 4.69) is 11.6 Å². The van der Waals surface area contributed by atoms with Crippen molar-refractivity contribution in [1.29, 1.82) is 0 Å². The second kappa shape index (κ2) is 3.88. The van der Waals surface area contributed by atoms with Gasteiger partial charge in [0.1, 0.15) is 0 Å². The molecule has 0 aliphatic rings. The van der Waals surface area contributed by atoms with E-state index in [0.717, 1.165) is 14.1 Å². The highest BCUT2D eigenvalue weighted by atomic mass is 35.5. The molecule has 1 unspecified atom stereocenters. The SMILES string of the molecule is CN(C)C(=O)C(C(F)(F)F)C(F)(F)Cl. The van der Waals surface area contributed by atoms with Gasteiger partial charge in [-0.1, -0.05) is 0 Å². The molecule has 0 N–H and O–H groups in total. The van der Waals surface area contributed by atoms with E-state index >= 15 is 0 Å². The summed E-state index contributed by atoms with van der Waals surface area (Å²) in [5.74, 6) is -5.29. The Hall–Kier alpha value is -0.590. The van der Waals surface area contributed by atoms with E-state index in [1.807, 2.05) is 0 Å². The molecule has 0 aliphatic carbocycles. The van der Waals surface area contributed by atoms with Crippen LogP contribution >= 0.6 is 11.6 Å². The van der Waals surface area contributed by atoms with Gasteiger partial charge >= 0.3 is 11.6 Å². The van der Waals surface area contributed by atoms with E-state index in [4.69, 9.17) is 0 Å². The highest BCUT2D eigenvalue weighted by Gasteiger charge is 2.59. The molecule has 1 amide bonds. The number of rotatable bonds is 2. The van der Waals surface area contributed by atoms with Crippen LogP contribution in [0.15, 0.2) is 0 Å². The molecule has 0 aliphatic heterocycles. The van der Waals surface area contributed by atoms with Crippen LogP contribution in [0.4, 0.5) is 22.0 Å². The lowest BCUT2D eigenvalue weighted by atomic mass is 10.1. The molecule has 0 heterocycles. The summed E-state index contributed by atoms with van der Waals surface area (Å²) in [4.78, 5) is 11.2. The fourth-order valence-electron chi connectivity index (χ4n) is 0.724. The maximum absolute atomic E-state index is 12.3. The molecule has 0 rings (SSSR count). The van der Waals surface area contributed by atoms with E-state index in [1.54, 1.807) is 0 Å². The summed E-state index contributed by atoms with van der Waals surface area (Å²) in [5, 5.41) is -4.64. The van der Waals surface area contributed by atoms with Gasteiger partial charge in [-0.2, -0.15) is 22.0 Å². The van der Waals surface area contributed by atoms with Crippen molar-refractivity contribution in [1.82, 2.24) is 4.90 Å². The third-order valence-corrected chi connectivity index (χ3v) is 1.56. The Morgan fingerprint density at radius 2 is 1.57 bits per heavy atom. The topological polar surface area (TPSA) is 20.3 Å². The van der Waals surface area contributed by atoms with Crippen LogP contribution < -0.4 is 0 Å². The average molecular weight is 240 g/mol. The predicted molar refractivity (Wildman–Crippen MR) is 39.0 cm³/mol. The van der Waals surface area contributed by atoms with Crippen LogP contribution in [0.3, 0.4) is 0 Å². The van der Waals surface area contributed by atoms with E-state index in [-0.39, 0.29) is 0 Å². The van der Waals surface area contributed by atoms with Gasteiger partial charge in [0.15, 0.2) is 0 Å². The second-order valence-electron chi connectivity index (χ2n) is 2.75. The van der Waals surface area contributed by atoms with Crippen molar-refractivity contribution in [2.75, 3.05) is 14.1 Å². The lowest BCUT2D eigenvalue weighted by Gasteiger charge is -2.25. The van der Waals surface area contributed by atoms with Crippen molar-refractivity contribution < 1.29 is 26.7 Å². The van der Waals surface area contributed by atoms with Gasteiger partial charge in [0.25, 0.3) is 0 Å². The second-order valence-corrected chi connectivity index (χ2v) is 3.25. The van der Waals surface area contributed by atoms with Crippen molar-refractivity contribution in [3.05, 3.63) is 0 Å². The van der Waals surface area contributed by atoms with Crippen molar-refractivity contribution in [2.45, 2.75) is 11.6 Å². The molecule has 0 saturated carbocycles. The number of halogens is 6. The van der Waals surface area contributed by atoms with Crippen LogP contribution in [0.5, 0.6) is 0 Å². The summed E-state index contributed by atoms with van der Waals surface area (Å²) < 4.78 is 60.6. The van der Waals surface area contributed by atoms with Crippen molar-refractivity contribution >= 4 is 17.5 Å². The Kier molecular flexibility index (Phi) is 3.71. The van der Waals surface area contributed by atoms with E-state index in [1.165, 1.54) is 0 Å². The molecule has 0 aromatic rings. The van der Waals surface area contributed by atoms with Gasteiger partial charge < -0.3 is 4.90 Å². The van der Waals surface area contributed by atoms with Gasteiger partial charge in [0, 0.05) is 14.1 Å². The third-order valence-electron chi connectivity index (χ3n) is 1.34. The van der Waals surface area contributed by atoms with Gasteiger partial charge in [-0.3, -0.25) is 4.79 Å². The van der Waals surface area contributed by atoms with Crippen LogP contribution in [0.1, 0.15) is 0 Å². The highest BCUT2D eigenvalue weighted by Crippen LogP contribution is 2.41. The number of alkyl halides is 6. The first-order valence-corrected chi connectivity index (χ1v) is 3.70. The number of amides is 1. The Morgan fingerprint density at radius 3 is 1.64 bits per heavy atom. The summed E-state index contributed by atoms with van der Waals surface area (Å²) in [6, 6.07) is 0. The average Bonchev–Trinajstić information content (AvgIpc) is 1.79. The molecule has 0 aromatic carbocycles. The summed E-state index contributed by atoms with van der Waals surface area (Å²) >= 11 is 4.22. The molecule has 0 aromatic heterocycles. The fourth-order valence-corrected chi connectivity index (χ4v) is 0.941. The fraction of sp³-hybridized carbons (Fsp3) is 0.833. The molecular weight excluding hydrogens is 233 g/mol. The minimum absolute atomic E-state index is 0.411. The summed E-state index contributed by atoms with van der Waals surface area (Å²) in [6.45, 7) is 0. The predicted octanol–water partition coefficient (Wildman–Crippen LogP) is 2.08. The smallest absolute Gasteiger partial charge is 0.348 e. The molecule has 0 radical (unpaired) electrons. The lowest BCUT2D eigenvalue weighted by Crippen LogP contribution is -2.46. The van der Waals surface area contributed by atoms with Crippen molar-refractivity contribution in [2.24, 2.45) is 5.92 Å². The van der Waals surface area contributed by atoms with Gasteiger partial charge in [-0.25, -0.2) is 0 Å². The standard InChI is InChI=1S/C6H7ClF5NO/c1-13(2)4(14)3(5(7,8)9)6(10,11)12/h3H,1-2H3. The minimum atomic E-state index is -5.37. The summed E-state index contributed by atoms with van der Waals surface area (Å²) in [6.07, 6.45) is -5.37. The molecule has 0 fully saturated rings. The maximum Gasteiger partial charge on any atom is 0.407 e. The molecule has 84 valence electrons. The number of nitrogens with zero attached hydrogens (tertiary/aromatic N) is 1. The van der Waals surface area contributed by atoms with Crippen LogP contribution in [-0.2, 0) is 4.79 Å². The zero-order valence-electron chi connectivity index (χ0n) is 7.20. The molecule has 0 spiro atoms. The number of carbonyl (C=O) groups excluding carboxylic acids is 1. The van der Waals surface area contributed by atoms with Gasteiger partial charge in [-0.15, -0.1) is 0 Å². The Morgan fingerprint density at radius 1 is 1.21 bits per heavy atom. The van der Waals surface area contributed by atoms with Gasteiger partial charge in [0.05, 0.1) is 0 Å². The summed E-state index contributed by atoms with van der Waals surface area (Å²) in [5.41, 5.74) is 0. The van der Waals surface area contributed by atoms with Crippen LogP contribution in [0, 0.1) is 5.92 Å². The minimum Gasteiger partial charge on any atom is -0.348 e. The zero-order chi connectivity index (χ0) is 11.7. The normalized spacial score (nSPS) is 15.1.